The van der Waals surface area contributed by atoms with E-state index in [4.69, 9.17) is 9.47 Å². The molecule has 2 aromatic rings. The van der Waals surface area contributed by atoms with Crippen molar-refractivity contribution in [3.63, 3.8) is 0 Å². The number of alkyl halides is 3. The Kier molecular flexibility index (Phi) is 5.01. The minimum atomic E-state index is -4.44. The summed E-state index contributed by atoms with van der Waals surface area (Å²) in [6, 6.07) is 8.95. The Morgan fingerprint density at radius 2 is 1.92 bits per heavy atom. The predicted octanol–water partition coefficient (Wildman–Crippen LogP) is 2.94. The molecule has 0 spiro atoms. The molecule has 0 atom stereocenters. The van der Waals surface area contributed by atoms with E-state index in [1.165, 1.54) is 0 Å². The summed E-state index contributed by atoms with van der Waals surface area (Å²) < 4.78 is 48.5. The van der Waals surface area contributed by atoms with Gasteiger partial charge in [0.15, 0.2) is 0 Å². The zero-order valence-electron chi connectivity index (χ0n) is 14.0. The summed E-state index contributed by atoms with van der Waals surface area (Å²) in [5.74, 6) is 0.561. The van der Waals surface area contributed by atoms with Crippen molar-refractivity contribution in [3.8, 4) is 11.6 Å². The van der Waals surface area contributed by atoms with Gasteiger partial charge >= 0.3 is 6.18 Å². The second-order valence-corrected chi connectivity index (χ2v) is 5.94. The van der Waals surface area contributed by atoms with Crippen LogP contribution in [-0.2, 0) is 17.4 Å². The van der Waals surface area contributed by atoms with Gasteiger partial charge in [0.2, 0.25) is 11.8 Å². The summed E-state index contributed by atoms with van der Waals surface area (Å²) in [5, 5.41) is 0. The van der Waals surface area contributed by atoms with Crippen LogP contribution in [0.15, 0.2) is 42.6 Å². The van der Waals surface area contributed by atoms with Crippen molar-refractivity contribution in [2.45, 2.75) is 18.7 Å². The van der Waals surface area contributed by atoms with Crippen molar-refractivity contribution in [1.29, 1.82) is 0 Å². The van der Waals surface area contributed by atoms with E-state index in [-0.39, 0.29) is 24.3 Å². The normalized spacial score (nSPS) is 14.7. The molecule has 0 aliphatic carbocycles. The number of amides is 1. The molecule has 0 unspecified atom stereocenters. The number of ether oxygens (including phenoxy) is 2. The molecular weight excluding hydrogens is 349 g/mol. The zero-order chi connectivity index (χ0) is 18.7. The third kappa shape index (κ3) is 4.25. The number of carbonyl (C=O) groups excluding carboxylic acids is 1. The van der Waals surface area contributed by atoms with Crippen molar-refractivity contribution in [2.24, 2.45) is 0 Å². The maximum absolute atomic E-state index is 12.7. The Bertz CT molecular complexity index is 772. The SMILES string of the molecule is COc1ccc(CC(=O)N2CC(Oc3cc(C(F)(F)F)ccn3)C2)cc1. The topological polar surface area (TPSA) is 51.7 Å². The van der Waals surface area contributed by atoms with Gasteiger partial charge in [0.25, 0.3) is 0 Å². The lowest BCUT2D eigenvalue weighted by Gasteiger charge is -2.38. The van der Waals surface area contributed by atoms with E-state index in [0.29, 0.717) is 18.8 Å². The van der Waals surface area contributed by atoms with Gasteiger partial charge in [0.1, 0.15) is 11.9 Å². The summed E-state index contributed by atoms with van der Waals surface area (Å²) in [7, 11) is 1.57. The molecule has 1 fully saturated rings. The van der Waals surface area contributed by atoms with E-state index in [2.05, 4.69) is 4.98 Å². The first-order valence-electron chi connectivity index (χ1n) is 7.96. The molecule has 1 amide bonds. The Morgan fingerprint density at radius 1 is 1.23 bits per heavy atom. The van der Waals surface area contributed by atoms with Crippen LogP contribution in [0.25, 0.3) is 0 Å². The van der Waals surface area contributed by atoms with Crippen molar-refractivity contribution in [3.05, 3.63) is 53.7 Å². The highest BCUT2D eigenvalue weighted by atomic mass is 19.4. The highest BCUT2D eigenvalue weighted by molar-refractivity contribution is 5.79. The van der Waals surface area contributed by atoms with E-state index in [1.54, 1.807) is 24.1 Å². The van der Waals surface area contributed by atoms with Gasteiger partial charge in [-0.15, -0.1) is 0 Å². The molecule has 2 heterocycles. The fraction of sp³-hybridized carbons (Fsp3) is 0.333. The lowest BCUT2D eigenvalue weighted by atomic mass is 10.1. The third-order valence-electron chi connectivity index (χ3n) is 4.06. The maximum Gasteiger partial charge on any atom is 0.416 e. The van der Waals surface area contributed by atoms with Gasteiger partial charge in [0, 0.05) is 12.3 Å². The van der Waals surface area contributed by atoms with Crippen molar-refractivity contribution >= 4 is 5.91 Å². The summed E-state index contributed by atoms with van der Waals surface area (Å²) in [6.45, 7) is 0.653. The summed E-state index contributed by atoms with van der Waals surface area (Å²) in [6.07, 6.45) is -3.49. The van der Waals surface area contributed by atoms with Gasteiger partial charge in [-0.3, -0.25) is 4.79 Å². The van der Waals surface area contributed by atoms with Crippen molar-refractivity contribution in [1.82, 2.24) is 9.88 Å². The van der Waals surface area contributed by atoms with Gasteiger partial charge in [-0.05, 0) is 23.8 Å². The molecule has 0 bridgehead atoms. The average molecular weight is 366 g/mol. The number of carbonyl (C=O) groups is 1. The van der Waals surface area contributed by atoms with E-state index < -0.39 is 11.7 Å². The predicted molar refractivity (Wildman–Crippen MR) is 86.9 cm³/mol. The molecule has 1 saturated heterocycles. The Morgan fingerprint density at radius 3 is 2.54 bits per heavy atom. The molecule has 1 aliphatic rings. The number of likely N-dealkylation sites (tertiary alicyclic amines) is 1. The number of rotatable bonds is 5. The smallest absolute Gasteiger partial charge is 0.416 e. The number of pyridine rings is 1. The molecule has 5 nitrogen and oxygen atoms in total. The number of hydrogen-bond acceptors (Lipinski definition) is 4. The Labute approximate surface area is 148 Å². The summed E-state index contributed by atoms with van der Waals surface area (Å²) in [5.41, 5.74) is 0.0500. The molecule has 0 saturated carbocycles. The van der Waals surface area contributed by atoms with Crippen molar-refractivity contribution < 1.29 is 27.4 Å². The molecule has 1 aliphatic heterocycles. The first kappa shape index (κ1) is 18.0. The van der Waals surface area contributed by atoms with Gasteiger partial charge in [-0.2, -0.15) is 13.2 Å². The van der Waals surface area contributed by atoms with E-state index in [9.17, 15) is 18.0 Å². The number of hydrogen-bond donors (Lipinski definition) is 0. The number of nitrogens with zero attached hydrogens (tertiary/aromatic N) is 2. The van der Waals surface area contributed by atoms with Crippen molar-refractivity contribution in [2.75, 3.05) is 20.2 Å². The average Bonchev–Trinajstić information content (AvgIpc) is 2.58. The second-order valence-electron chi connectivity index (χ2n) is 5.94. The molecule has 0 N–H and O–H groups in total. The van der Waals surface area contributed by atoms with Gasteiger partial charge in [0.05, 0.1) is 32.2 Å². The van der Waals surface area contributed by atoms with Gasteiger partial charge in [-0.25, -0.2) is 4.98 Å². The maximum atomic E-state index is 12.7. The van der Waals surface area contributed by atoms with Gasteiger partial charge in [-0.1, -0.05) is 12.1 Å². The quantitative estimate of drug-likeness (QED) is 0.817. The minimum Gasteiger partial charge on any atom is -0.497 e. The first-order chi connectivity index (χ1) is 12.3. The third-order valence-corrected chi connectivity index (χ3v) is 4.06. The van der Waals surface area contributed by atoms with Crippen LogP contribution >= 0.6 is 0 Å². The summed E-state index contributed by atoms with van der Waals surface area (Å²) in [4.78, 5) is 17.6. The molecule has 0 radical (unpaired) electrons. The van der Waals surface area contributed by atoms with Crippen LogP contribution in [0.2, 0.25) is 0 Å². The van der Waals surface area contributed by atoms with Crippen LogP contribution in [0.3, 0.4) is 0 Å². The first-order valence-corrected chi connectivity index (χ1v) is 7.96. The number of benzene rings is 1. The van der Waals surface area contributed by atoms with Crippen LogP contribution in [0, 0.1) is 0 Å². The van der Waals surface area contributed by atoms with Crippen LogP contribution in [0.1, 0.15) is 11.1 Å². The zero-order valence-corrected chi connectivity index (χ0v) is 14.0. The fourth-order valence-electron chi connectivity index (χ4n) is 2.57. The second kappa shape index (κ2) is 7.23. The molecule has 1 aromatic heterocycles. The van der Waals surface area contributed by atoms with Crippen LogP contribution in [0.4, 0.5) is 13.2 Å². The van der Waals surface area contributed by atoms with E-state index in [0.717, 1.165) is 23.9 Å². The van der Waals surface area contributed by atoms with Crippen LogP contribution < -0.4 is 9.47 Å². The van der Waals surface area contributed by atoms with Crippen LogP contribution in [-0.4, -0.2) is 42.1 Å². The van der Waals surface area contributed by atoms with Gasteiger partial charge < -0.3 is 14.4 Å². The lowest BCUT2D eigenvalue weighted by Crippen LogP contribution is -2.56. The Hall–Kier alpha value is -2.77. The molecule has 3 rings (SSSR count). The lowest BCUT2D eigenvalue weighted by molar-refractivity contribution is -0.139. The number of methoxy groups -OCH3 is 1. The highest BCUT2D eigenvalue weighted by Crippen LogP contribution is 2.31. The largest absolute Gasteiger partial charge is 0.497 e. The molecule has 1 aromatic carbocycles. The van der Waals surface area contributed by atoms with E-state index >= 15 is 0 Å². The highest BCUT2D eigenvalue weighted by Gasteiger charge is 2.34. The fourth-order valence-corrected chi connectivity index (χ4v) is 2.57. The molecule has 26 heavy (non-hydrogen) atoms. The molecular formula is C18H17F3N2O3. The molecule has 138 valence electrons. The monoisotopic (exact) mass is 366 g/mol. The number of aromatic nitrogens is 1. The number of halogens is 3. The minimum absolute atomic E-state index is 0.0629. The van der Waals surface area contributed by atoms with Crippen LogP contribution in [0.5, 0.6) is 11.6 Å². The standard InChI is InChI=1S/C18H17F3N2O3/c1-25-14-4-2-12(3-5-14)8-17(24)23-10-15(11-23)26-16-9-13(6-7-22-16)18(19,20)21/h2-7,9,15H,8,10-11H2,1H3. The summed E-state index contributed by atoms with van der Waals surface area (Å²) >= 11 is 0. The Balaban J connectivity index is 1.50. The molecule has 8 heteroatoms. The van der Waals surface area contributed by atoms with E-state index in [1.807, 2.05) is 12.1 Å².